The number of carboxylic acids is 1. The minimum atomic E-state index is -1.17. The molecule has 2 aromatic heterocycles. The molecular formula is C12H11NO4. The molecule has 0 aliphatic rings. The molecule has 0 fully saturated rings. The SMILES string of the molecule is Cc1ccc(C(O)c2occc2C(=O)O)nc1. The molecule has 0 aromatic carbocycles. The Hall–Kier alpha value is -2.14. The molecular weight excluding hydrogens is 222 g/mol. The summed E-state index contributed by atoms with van der Waals surface area (Å²) in [5, 5.41) is 18.9. The first-order valence-electron chi connectivity index (χ1n) is 5.01. The first kappa shape index (κ1) is 11.3. The molecule has 0 spiro atoms. The fourth-order valence-electron chi connectivity index (χ4n) is 1.48. The van der Waals surface area contributed by atoms with E-state index in [1.165, 1.54) is 12.3 Å². The highest BCUT2D eigenvalue weighted by molar-refractivity contribution is 5.88. The quantitative estimate of drug-likeness (QED) is 0.843. The van der Waals surface area contributed by atoms with Crippen molar-refractivity contribution in [3.05, 3.63) is 53.2 Å². The predicted molar refractivity (Wildman–Crippen MR) is 58.7 cm³/mol. The number of hydrogen-bond donors (Lipinski definition) is 2. The number of furan rings is 1. The molecule has 2 heterocycles. The minimum absolute atomic E-state index is 0.00569. The molecule has 1 unspecified atom stereocenters. The van der Waals surface area contributed by atoms with Crippen LogP contribution in [-0.4, -0.2) is 21.2 Å². The summed E-state index contributed by atoms with van der Waals surface area (Å²) < 4.78 is 5.00. The van der Waals surface area contributed by atoms with Crippen molar-refractivity contribution < 1.29 is 19.4 Å². The van der Waals surface area contributed by atoms with Crippen molar-refractivity contribution in [2.24, 2.45) is 0 Å². The number of hydrogen-bond acceptors (Lipinski definition) is 4. The normalized spacial score (nSPS) is 12.4. The molecule has 0 radical (unpaired) electrons. The smallest absolute Gasteiger partial charge is 0.339 e. The highest BCUT2D eigenvalue weighted by Crippen LogP contribution is 2.24. The number of rotatable bonds is 3. The third-order valence-corrected chi connectivity index (χ3v) is 2.39. The van der Waals surface area contributed by atoms with E-state index in [1.807, 2.05) is 6.92 Å². The standard InChI is InChI=1S/C12H11NO4/c1-7-2-3-9(13-6-7)10(14)11-8(12(15)16)4-5-17-11/h2-6,10,14H,1H3,(H,15,16). The van der Waals surface area contributed by atoms with E-state index in [-0.39, 0.29) is 11.3 Å². The molecule has 88 valence electrons. The maximum absolute atomic E-state index is 10.9. The summed E-state index contributed by atoms with van der Waals surface area (Å²) in [4.78, 5) is 14.9. The predicted octanol–water partition coefficient (Wildman–Crippen LogP) is 1.76. The van der Waals surface area contributed by atoms with Crippen LogP contribution in [0.4, 0.5) is 0 Å². The van der Waals surface area contributed by atoms with Gasteiger partial charge in [0.15, 0.2) is 11.9 Å². The maximum atomic E-state index is 10.9. The van der Waals surface area contributed by atoms with Gasteiger partial charge in [0, 0.05) is 6.20 Å². The van der Waals surface area contributed by atoms with E-state index in [0.29, 0.717) is 5.69 Å². The van der Waals surface area contributed by atoms with Gasteiger partial charge in [0.1, 0.15) is 5.56 Å². The Morgan fingerprint density at radius 1 is 1.41 bits per heavy atom. The number of pyridine rings is 1. The Kier molecular flexibility index (Phi) is 2.93. The van der Waals surface area contributed by atoms with Gasteiger partial charge in [-0.05, 0) is 24.6 Å². The van der Waals surface area contributed by atoms with Crippen LogP contribution < -0.4 is 0 Å². The van der Waals surface area contributed by atoms with Crippen molar-refractivity contribution in [1.82, 2.24) is 4.98 Å². The fraction of sp³-hybridized carbons (Fsp3) is 0.167. The summed E-state index contributed by atoms with van der Waals surface area (Å²) in [5.74, 6) is -1.14. The summed E-state index contributed by atoms with van der Waals surface area (Å²) in [6.07, 6.45) is 1.66. The zero-order valence-electron chi connectivity index (χ0n) is 9.12. The van der Waals surface area contributed by atoms with E-state index in [1.54, 1.807) is 18.3 Å². The highest BCUT2D eigenvalue weighted by atomic mass is 16.4. The van der Waals surface area contributed by atoms with Crippen molar-refractivity contribution >= 4 is 5.97 Å². The second-order valence-electron chi connectivity index (χ2n) is 3.67. The van der Waals surface area contributed by atoms with Gasteiger partial charge in [0.05, 0.1) is 12.0 Å². The lowest BCUT2D eigenvalue weighted by Crippen LogP contribution is -2.07. The molecule has 0 amide bonds. The van der Waals surface area contributed by atoms with Crippen molar-refractivity contribution in [1.29, 1.82) is 0 Å². The molecule has 2 N–H and O–H groups in total. The lowest BCUT2D eigenvalue weighted by molar-refractivity contribution is 0.0687. The second kappa shape index (κ2) is 4.39. The maximum Gasteiger partial charge on any atom is 0.339 e. The molecule has 2 aromatic rings. The summed E-state index contributed by atoms with van der Waals surface area (Å²) >= 11 is 0. The van der Waals surface area contributed by atoms with Crippen LogP contribution in [0.3, 0.4) is 0 Å². The van der Waals surface area contributed by atoms with E-state index in [9.17, 15) is 9.90 Å². The summed E-state index contributed by atoms with van der Waals surface area (Å²) in [7, 11) is 0. The average molecular weight is 233 g/mol. The summed E-state index contributed by atoms with van der Waals surface area (Å²) in [5.41, 5.74) is 1.26. The number of aliphatic hydroxyl groups is 1. The van der Waals surface area contributed by atoms with Crippen LogP contribution >= 0.6 is 0 Å². The molecule has 1 atom stereocenters. The Labute approximate surface area is 97.3 Å². The van der Waals surface area contributed by atoms with E-state index < -0.39 is 12.1 Å². The van der Waals surface area contributed by atoms with Gasteiger partial charge in [-0.3, -0.25) is 4.98 Å². The van der Waals surface area contributed by atoms with Crippen LogP contribution in [0.5, 0.6) is 0 Å². The Bertz CT molecular complexity index is 530. The van der Waals surface area contributed by atoms with Gasteiger partial charge in [-0.25, -0.2) is 4.79 Å². The average Bonchev–Trinajstić information content (AvgIpc) is 2.78. The molecule has 0 saturated carbocycles. The van der Waals surface area contributed by atoms with E-state index in [0.717, 1.165) is 5.56 Å². The van der Waals surface area contributed by atoms with Crippen molar-refractivity contribution in [2.75, 3.05) is 0 Å². The number of carbonyl (C=O) groups is 1. The largest absolute Gasteiger partial charge is 0.478 e. The Morgan fingerprint density at radius 3 is 2.76 bits per heavy atom. The van der Waals surface area contributed by atoms with Crippen LogP contribution in [0.15, 0.2) is 35.1 Å². The zero-order valence-corrected chi connectivity index (χ0v) is 9.12. The molecule has 2 rings (SSSR count). The summed E-state index contributed by atoms with van der Waals surface area (Å²) in [6, 6.07) is 4.72. The third-order valence-electron chi connectivity index (χ3n) is 2.39. The van der Waals surface area contributed by atoms with Gasteiger partial charge < -0.3 is 14.6 Å². The molecule has 5 nitrogen and oxygen atoms in total. The first-order valence-corrected chi connectivity index (χ1v) is 5.01. The van der Waals surface area contributed by atoms with Gasteiger partial charge in [-0.2, -0.15) is 0 Å². The Morgan fingerprint density at radius 2 is 2.18 bits per heavy atom. The van der Waals surface area contributed by atoms with Crippen LogP contribution in [0.1, 0.15) is 33.5 Å². The highest BCUT2D eigenvalue weighted by Gasteiger charge is 2.22. The van der Waals surface area contributed by atoms with Crippen molar-refractivity contribution in [3.63, 3.8) is 0 Å². The summed E-state index contributed by atoms with van der Waals surface area (Å²) in [6.45, 7) is 1.87. The van der Waals surface area contributed by atoms with E-state index in [4.69, 9.17) is 9.52 Å². The lowest BCUT2D eigenvalue weighted by Gasteiger charge is -2.08. The Balaban J connectivity index is 2.36. The molecule has 5 heteroatoms. The van der Waals surface area contributed by atoms with Gasteiger partial charge in [0.2, 0.25) is 0 Å². The van der Waals surface area contributed by atoms with Crippen molar-refractivity contribution in [2.45, 2.75) is 13.0 Å². The van der Waals surface area contributed by atoms with E-state index in [2.05, 4.69) is 4.98 Å². The number of aryl methyl sites for hydroxylation is 1. The molecule has 0 aliphatic carbocycles. The van der Waals surface area contributed by atoms with Crippen LogP contribution in [-0.2, 0) is 0 Å². The minimum Gasteiger partial charge on any atom is -0.478 e. The number of aromatic carboxylic acids is 1. The number of carboxylic acid groups (broad SMARTS) is 1. The van der Waals surface area contributed by atoms with Gasteiger partial charge >= 0.3 is 5.97 Å². The van der Waals surface area contributed by atoms with Crippen LogP contribution in [0.2, 0.25) is 0 Å². The van der Waals surface area contributed by atoms with Crippen LogP contribution in [0.25, 0.3) is 0 Å². The fourth-order valence-corrected chi connectivity index (χ4v) is 1.48. The third kappa shape index (κ3) is 2.19. The number of nitrogens with zero attached hydrogens (tertiary/aromatic N) is 1. The van der Waals surface area contributed by atoms with Gasteiger partial charge in [-0.1, -0.05) is 6.07 Å². The van der Waals surface area contributed by atoms with Gasteiger partial charge in [-0.15, -0.1) is 0 Å². The lowest BCUT2D eigenvalue weighted by atomic mass is 10.1. The molecule has 0 aliphatic heterocycles. The molecule has 0 bridgehead atoms. The molecule has 17 heavy (non-hydrogen) atoms. The van der Waals surface area contributed by atoms with Crippen LogP contribution in [0, 0.1) is 6.92 Å². The molecule has 0 saturated heterocycles. The van der Waals surface area contributed by atoms with E-state index >= 15 is 0 Å². The zero-order chi connectivity index (χ0) is 12.4. The first-order chi connectivity index (χ1) is 8.09. The van der Waals surface area contributed by atoms with Gasteiger partial charge in [0.25, 0.3) is 0 Å². The number of aliphatic hydroxyl groups excluding tert-OH is 1. The monoisotopic (exact) mass is 233 g/mol. The van der Waals surface area contributed by atoms with Crippen molar-refractivity contribution in [3.8, 4) is 0 Å². The number of aromatic nitrogens is 1. The topological polar surface area (TPSA) is 83.6 Å². The second-order valence-corrected chi connectivity index (χ2v) is 3.67.